The number of amides is 1. The van der Waals surface area contributed by atoms with Crippen LogP contribution in [0.5, 0.6) is 11.5 Å². The van der Waals surface area contributed by atoms with Crippen LogP contribution in [0.25, 0.3) is 11.2 Å². The number of methoxy groups -OCH3 is 2. The van der Waals surface area contributed by atoms with E-state index in [1.807, 2.05) is 78.9 Å². The van der Waals surface area contributed by atoms with Gasteiger partial charge in [0.15, 0.2) is 25.7 Å². The third-order valence-corrected chi connectivity index (χ3v) is 14.7. The average Bonchev–Trinajstić information content (AvgIpc) is 3.69. The molecule has 3 aromatic carbocycles. The highest BCUT2D eigenvalue weighted by atomic mass is 28.4. The second-order valence-electron chi connectivity index (χ2n) is 14.6. The van der Waals surface area contributed by atoms with Gasteiger partial charge in [0.25, 0.3) is 5.56 Å². The number of carbonyl (C=O) groups is 1. The number of anilines is 1. The SMILES string of the molecule is COc1ccc(C(OCC2OC(n3cnc4c(=O)[nH]c(NC(C)=O)nc43)C(O[Si](C)(C)C(C)(C)C)C2O)(c2ccccc2)c2ccc(OC)cc2)cc1. The lowest BCUT2D eigenvalue weighted by atomic mass is 9.80. The largest absolute Gasteiger partial charge is 0.497 e. The number of nitrogens with one attached hydrogen (secondary N) is 2. The van der Waals surface area contributed by atoms with E-state index in [1.165, 1.54) is 13.3 Å². The molecular weight excluding hydrogens is 695 g/mol. The number of fused-ring (bicyclic) bond motifs is 1. The lowest BCUT2D eigenvalue weighted by Crippen LogP contribution is -2.49. The minimum atomic E-state index is -2.53. The van der Waals surface area contributed by atoms with Gasteiger partial charge in [0.2, 0.25) is 11.9 Å². The minimum Gasteiger partial charge on any atom is -0.497 e. The molecule has 53 heavy (non-hydrogen) atoms. The van der Waals surface area contributed by atoms with Crippen molar-refractivity contribution in [1.82, 2.24) is 19.5 Å². The van der Waals surface area contributed by atoms with Crippen molar-refractivity contribution >= 4 is 31.3 Å². The third kappa shape index (κ3) is 7.37. The van der Waals surface area contributed by atoms with Gasteiger partial charge in [-0.15, -0.1) is 0 Å². The van der Waals surface area contributed by atoms with Crippen molar-refractivity contribution in [2.45, 2.75) is 76.0 Å². The summed E-state index contributed by atoms with van der Waals surface area (Å²) in [5.74, 6) is 0.937. The summed E-state index contributed by atoms with van der Waals surface area (Å²) in [5, 5.41) is 14.5. The zero-order chi connectivity index (χ0) is 38.1. The molecule has 280 valence electrons. The second kappa shape index (κ2) is 14.9. The number of aromatic nitrogens is 4. The van der Waals surface area contributed by atoms with E-state index in [1.54, 1.807) is 18.8 Å². The number of aromatic amines is 1. The quantitative estimate of drug-likeness (QED) is 0.106. The minimum absolute atomic E-state index is 0.0383. The maximum atomic E-state index is 13.0. The van der Waals surface area contributed by atoms with E-state index in [-0.39, 0.29) is 28.8 Å². The van der Waals surface area contributed by atoms with E-state index >= 15 is 0 Å². The molecule has 0 radical (unpaired) electrons. The molecule has 0 saturated carbocycles. The molecule has 13 nitrogen and oxygen atoms in total. The standard InChI is InChI=1S/C39H47N5O8Si/c1-24(45)41-37-42-34-31(35(47)43-37)40-23-44(34)36-33(52-53(7,8)38(2,3)4)32(46)30(51-36)22-50-39(25-12-10-9-11-13-25,26-14-18-28(48-5)19-15-26)27-16-20-29(49-6)21-17-27/h9-21,23,30,32-33,36,46H,22H2,1-8H3,(H2,41,42,43,45,47). The van der Waals surface area contributed by atoms with Crippen molar-refractivity contribution in [2.75, 3.05) is 26.1 Å². The van der Waals surface area contributed by atoms with Crippen molar-refractivity contribution < 1.29 is 33.3 Å². The highest BCUT2D eigenvalue weighted by molar-refractivity contribution is 6.74. The number of rotatable bonds is 12. The van der Waals surface area contributed by atoms with Gasteiger partial charge >= 0.3 is 0 Å². The van der Waals surface area contributed by atoms with Gasteiger partial charge in [0, 0.05) is 6.92 Å². The Morgan fingerprint density at radius 2 is 1.51 bits per heavy atom. The molecule has 2 aromatic heterocycles. The van der Waals surface area contributed by atoms with Crippen LogP contribution in [0.15, 0.2) is 90.0 Å². The van der Waals surface area contributed by atoms with Crippen LogP contribution in [0.2, 0.25) is 18.1 Å². The Labute approximate surface area is 309 Å². The Kier molecular flexibility index (Phi) is 10.6. The van der Waals surface area contributed by atoms with Crippen molar-refractivity contribution in [1.29, 1.82) is 0 Å². The molecular formula is C39H47N5O8Si. The molecule has 1 aliphatic heterocycles. The first-order valence-corrected chi connectivity index (χ1v) is 20.3. The molecule has 0 aliphatic carbocycles. The van der Waals surface area contributed by atoms with Crippen LogP contribution in [0.1, 0.15) is 50.6 Å². The van der Waals surface area contributed by atoms with E-state index in [0.717, 1.165) is 16.7 Å². The van der Waals surface area contributed by atoms with E-state index in [4.69, 9.17) is 23.4 Å². The zero-order valence-corrected chi connectivity index (χ0v) is 32.2. The summed E-state index contributed by atoms with van der Waals surface area (Å²) in [6.07, 6.45) is -2.46. The van der Waals surface area contributed by atoms with Crippen molar-refractivity contribution in [3.05, 3.63) is 112 Å². The van der Waals surface area contributed by atoms with Crippen LogP contribution in [-0.4, -0.2) is 78.0 Å². The van der Waals surface area contributed by atoms with E-state index in [9.17, 15) is 14.7 Å². The fraction of sp³-hybridized carbons (Fsp3) is 0.385. The molecule has 0 spiro atoms. The topological polar surface area (TPSA) is 159 Å². The molecule has 1 fully saturated rings. The fourth-order valence-electron chi connectivity index (χ4n) is 6.34. The molecule has 5 aromatic rings. The molecule has 14 heteroatoms. The summed E-state index contributed by atoms with van der Waals surface area (Å²) >= 11 is 0. The first-order valence-electron chi connectivity index (χ1n) is 17.4. The lowest BCUT2D eigenvalue weighted by molar-refractivity contribution is -0.114. The lowest BCUT2D eigenvalue weighted by Gasteiger charge is -2.40. The predicted octanol–water partition coefficient (Wildman–Crippen LogP) is 5.75. The van der Waals surface area contributed by atoms with Crippen LogP contribution in [-0.2, 0) is 24.3 Å². The number of ether oxygens (including phenoxy) is 4. The van der Waals surface area contributed by atoms with Gasteiger partial charge in [0.1, 0.15) is 35.4 Å². The van der Waals surface area contributed by atoms with Crippen LogP contribution >= 0.6 is 0 Å². The number of carbonyl (C=O) groups excluding carboxylic acids is 1. The number of H-pyrrole nitrogens is 1. The number of imidazole rings is 1. The van der Waals surface area contributed by atoms with Gasteiger partial charge in [-0.2, -0.15) is 4.98 Å². The normalized spacial score (nSPS) is 19.3. The van der Waals surface area contributed by atoms with Crippen LogP contribution < -0.4 is 20.3 Å². The fourth-order valence-corrected chi connectivity index (χ4v) is 7.63. The molecule has 0 bridgehead atoms. The third-order valence-electron chi connectivity index (χ3n) is 10.2. The molecule has 1 aliphatic rings. The van der Waals surface area contributed by atoms with Crippen molar-refractivity contribution in [2.24, 2.45) is 0 Å². The molecule has 3 heterocycles. The van der Waals surface area contributed by atoms with Gasteiger partial charge in [-0.05, 0) is 59.1 Å². The van der Waals surface area contributed by atoms with Gasteiger partial charge in [-0.1, -0.05) is 75.4 Å². The number of hydrogen-bond acceptors (Lipinski definition) is 10. The Bertz CT molecular complexity index is 2050. The number of nitrogens with zero attached hydrogens (tertiary/aromatic N) is 3. The first-order chi connectivity index (χ1) is 25.2. The summed E-state index contributed by atoms with van der Waals surface area (Å²) < 4.78 is 33.3. The van der Waals surface area contributed by atoms with E-state index in [2.05, 4.69) is 54.1 Å². The molecule has 4 atom stereocenters. The monoisotopic (exact) mass is 741 g/mol. The smallest absolute Gasteiger partial charge is 0.280 e. The summed E-state index contributed by atoms with van der Waals surface area (Å²) in [5.41, 5.74) is 0.998. The van der Waals surface area contributed by atoms with E-state index < -0.39 is 49.9 Å². The van der Waals surface area contributed by atoms with Crippen molar-refractivity contribution in [3.63, 3.8) is 0 Å². The number of aliphatic hydroxyl groups excluding tert-OH is 1. The molecule has 4 unspecified atom stereocenters. The van der Waals surface area contributed by atoms with Gasteiger partial charge < -0.3 is 28.5 Å². The van der Waals surface area contributed by atoms with Crippen LogP contribution in [0.3, 0.4) is 0 Å². The number of benzene rings is 3. The van der Waals surface area contributed by atoms with E-state index in [0.29, 0.717) is 11.5 Å². The Hall–Kier alpha value is -4.86. The van der Waals surface area contributed by atoms with Crippen LogP contribution in [0, 0.1) is 0 Å². The zero-order valence-electron chi connectivity index (χ0n) is 31.2. The maximum absolute atomic E-state index is 13.0. The molecule has 6 rings (SSSR count). The summed E-state index contributed by atoms with van der Waals surface area (Å²) in [6, 6.07) is 25.2. The summed E-state index contributed by atoms with van der Waals surface area (Å²) in [4.78, 5) is 36.2. The highest BCUT2D eigenvalue weighted by Gasteiger charge is 2.52. The Balaban J connectivity index is 1.45. The average molecular weight is 742 g/mol. The Morgan fingerprint density at radius 1 is 0.943 bits per heavy atom. The second-order valence-corrected chi connectivity index (χ2v) is 19.4. The maximum Gasteiger partial charge on any atom is 0.280 e. The highest BCUT2D eigenvalue weighted by Crippen LogP contribution is 2.45. The summed E-state index contributed by atoms with van der Waals surface area (Å²) in [6.45, 7) is 11.8. The van der Waals surface area contributed by atoms with Crippen LogP contribution in [0.4, 0.5) is 5.95 Å². The molecule has 1 saturated heterocycles. The number of hydrogen-bond donors (Lipinski definition) is 3. The first kappa shape index (κ1) is 37.9. The van der Waals surface area contributed by atoms with Gasteiger partial charge in [0.05, 0.1) is 27.2 Å². The predicted molar refractivity (Wildman–Crippen MR) is 203 cm³/mol. The van der Waals surface area contributed by atoms with Crippen molar-refractivity contribution in [3.8, 4) is 11.5 Å². The van der Waals surface area contributed by atoms with Gasteiger partial charge in [-0.3, -0.25) is 24.5 Å². The Morgan fingerprint density at radius 3 is 2.04 bits per heavy atom. The molecule has 1 amide bonds. The molecule has 3 N–H and O–H groups in total. The number of aliphatic hydroxyl groups is 1. The summed E-state index contributed by atoms with van der Waals surface area (Å²) in [7, 11) is 0.710. The van der Waals surface area contributed by atoms with Gasteiger partial charge in [-0.25, -0.2) is 4.98 Å².